The molecule has 3 N–H and O–H groups in total. The van der Waals surface area contributed by atoms with Gasteiger partial charge in [0.25, 0.3) is 0 Å². The highest BCUT2D eigenvalue weighted by atomic mass is 19.1. The number of alkyl halides is 1. The molecule has 0 spiro atoms. The fourth-order valence-electron chi connectivity index (χ4n) is 1.70. The van der Waals surface area contributed by atoms with Crippen molar-refractivity contribution in [2.45, 2.75) is 65.7 Å². The quantitative estimate of drug-likeness (QED) is 0.673. The van der Waals surface area contributed by atoms with E-state index in [1.54, 1.807) is 0 Å². The first kappa shape index (κ1) is 19.2. The summed E-state index contributed by atoms with van der Waals surface area (Å²) in [6.45, 7) is 8.33. The minimum absolute atomic E-state index is 0.144. The van der Waals surface area contributed by atoms with Crippen molar-refractivity contribution in [1.82, 2.24) is 5.32 Å². The standard InChI is InChI=1S/C9H18FN.C2H6O2.C2H6/c1-2-8(7-10)6-9-4-3-5-11-9;1-2(3)4;1-2/h8-9,11H,2-7H2,1H3;2-4H,1H3;1-2H3. The predicted molar refractivity (Wildman–Crippen MR) is 70.6 cm³/mol. The second-order valence-corrected chi connectivity index (χ2v) is 4.09. The van der Waals surface area contributed by atoms with Crippen LogP contribution in [0.2, 0.25) is 0 Å². The van der Waals surface area contributed by atoms with Gasteiger partial charge in [0, 0.05) is 6.04 Å². The van der Waals surface area contributed by atoms with E-state index in [1.807, 2.05) is 13.8 Å². The van der Waals surface area contributed by atoms with Crippen molar-refractivity contribution < 1.29 is 14.6 Å². The third kappa shape index (κ3) is 13.7. The maximum atomic E-state index is 12.3. The molecule has 1 rings (SSSR count). The first-order chi connectivity index (χ1) is 8.10. The molecule has 1 aliphatic rings. The summed E-state index contributed by atoms with van der Waals surface area (Å²) in [5, 5.41) is 18.6. The molecular weight excluding hydrogens is 221 g/mol. The molecule has 0 aromatic carbocycles. The molecule has 0 aromatic heterocycles. The number of halogens is 1. The molecule has 0 radical (unpaired) electrons. The van der Waals surface area contributed by atoms with Crippen molar-refractivity contribution in [3.8, 4) is 0 Å². The zero-order valence-corrected chi connectivity index (χ0v) is 11.7. The molecule has 0 aromatic rings. The van der Waals surface area contributed by atoms with Gasteiger partial charge in [-0.1, -0.05) is 27.2 Å². The Bertz CT molecular complexity index is 133. The number of aliphatic hydroxyl groups is 2. The largest absolute Gasteiger partial charge is 0.368 e. The van der Waals surface area contributed by atoms with Crippen LogP contribution in [-0.2, 0) is 0 Å². The average molecular weight is 251 g/mol. The molecule has 3 nitrogen and oxygen atoms in total. The molecule has 1 fully saturated rings. The number of nitrogens with one attached hydrogen (secondary N) is 1. The Hall–Kier alpha value is -0.190. The van der Waals surface area contributed by atoms with Crippen LogP contribution in [0, 0.1) is 5.92 Å². The van der Waals surface area contributed by atoms with E-state index in [1.165, 1.54) is 19.8 Å². The van der Waals surface area contributed by atoms with Crippen LogP contribution in [0.15, 0.2) is 0 Å². The van der Waals surface area contributed by atoms with Crippen molar-refractivity contribution in [3.05, 3.63) is 0 Å². The summed E-state index contributed by atoms with van der Waals surface area (Å²) >= 11 is 0. The van der Waals surface area contributed by atoms with Crippen LogP contribution in [0.25, 0.3) is 0 Å². The zero-order valence-electron chi connectivity index (χ0n) is 11.7. The second-order valence-electron chi connectivity index (χ2n) is 4.09. The molecule has 2 atom stereocenters. The van der Waals surface area contributed by atoms with Crippen molar-refractivity contribution in [1.29, 1.82) is 0 Å². The maximum Gasteiger partial charge on any atom is 0.148 e. The third-order valence-corrected chi connectivity index (χ3v) is 2.58. The molecule has 0 saturated carbocycles. The fourth-order valence-corrected chi connectivity index (χ4v) is 1.70. The highest BCUT2D eigenvalue weighted by Gasteiger charge is 2.17. The van der Waals surface area contributed by atoms with E-state index in [4.69, 9.17) is 10.2 Å². The Balaban J connectivity index is 0. The number of hydrogen-bond acceptors (Lipinski definition) is 3. The van der Waals surface area contributed by atoms with Crippen LogP contribution >= 0.6 is 0 Å². The molecule has 0 bridgehead atoms. The SMILES string of the molecule is CC.CC(O)O.CCC(CF)CC1CCCN1. The van der Waals surface area contributed by atoms with Gasteiger partial charge in [0.15, 0.2) is 0 Å². The molecule has 4 heteroatoms. The fraction of sp³-hybridized carbons (Fsp3) is 1.00. The lowest BCUT2D eigenvalue weighted by atomic mass is 9.98. The topological polar surface area (TPSA) is 52.5 Å². The van der Waals surface area contributed by atoms with Gasteiger partial charge in [-0.2, -0.15) is 0 Å². The molecule has 1 aliphatic heterocycles. The summed E-state index contributed by atoms with van der Waals surface area (Å²) in [5.74, 6) is 0.297. The summed E-state index contributed by atoms with van der Waals surface area (Å²) in [5.41, 5.74) is 0. The summed E-state index contributed by atoms with van der Waals surface area (Å²) in [4.78, 5) is 0. The molecule has 17 heavy (non-hydrogen) atoms. The molecular formula is C13H30FNO2. The molecule has 1 saturated heterocycles. The maximum absolute atomic E-state index is 12.3. The highest BCUT2D eigenvalue weighted by Crippen LogP contribution is 2.17. The molecule has 0 aliphatic carbocycles. The molecule has 2 unspecified atom stereocenters. The van der Waals surface area contributed by atoms with Crippen LogP contribution in [-0.4, -0.2) is 35.8 Å². The highest BCUT2D eigenvalue weighted by molar-refractivity contribution is 4.76. The lowest BCUT2D eigenvalue weighted by Gasteiger charge is -2.15. The predicted octanol–water partition coefficient (Wildman–Crippen LogP) is 2.47. The van der Waals surface area contributed by atoms with Gasteiger partial charge in [-0.25, -0.2) is 0 Å². The zero-order chi connectivity index (χ0) is 13.7. The smallest absolute Gasteiger partial charge is 0.148 e. The summed E-state index contributed by atoms with van der Waals surface area (Å²) in [6.07, 6.45) is 3.37. The Labute approximate surface area is 105 Å². The van der Waals surface area contributed by atoms with Gasteiger partial charge in [0.2, 0.25) is 0 Å². The van der Waals surface area contributed by atoms with Crippen molar-refractivity contribution in [3.63, 3.8) is 0 Å². The Kier molecular flexibility index (Phi) is 15.6. The normalized spacial score (nSPS) is 20.1. The van der Waals surface area contributed by atoms with Gasteiger partial charge in [-0.15, -0.1) is 0 Å². The van der Waals surface area contributed by atoms with E-state index in [9.17, 15) is 4.39 Å². The summed E-state index contributed by atoms with van der Waals surface area (Å²) in [6, 6.07) is 0.607. The Morgan fingerprint density at radius 3 is 2.18 bits per heavy atom. The number of aliphatic hydroxyl groups excluding tert-OH is 1. The summed E-state index contributed by atoms with van der Waals surface area (Å²) < 4.78 is 12.3. The van der Waals surface area contributed by atoms with E-state index >= 15 is 0 Å². The van der Waals surface area contributed by atoms with Gasteiger partial charge in [0.1, 0.15) is 6.29 Å². The minimum Gasteiger partial charge on any atom is -0.368 e. The number of rotatable bonds is 4. The van der Waals surface area contributed by atoms with Gasteiger partial charge in [0.05, 0.1) is 6.67 Å². The van der Waals surface area contributed by atoms with E-state index in [-0.39, 0.29) is 6.67 Å². The van der Waals surface area contributed by atoms with Crippen LogP contribution in [0.5, 0.6) is 0 Å². The molecule has 106 valence electrons. The lowest BCUT2D eigenvalue weighted by Crippen LogP contribution is -2.24. The average Bonchev–Trinajstić information content (AvgIpc) is 2.80. The second kappa shape index (κ2) is 13.9. The van der Waals surface area contributed by atoms with Crippen molar-refractivity contribution in [2.24, 2.45) is 5.92 Å². The van der Waals surface area contributed by atoms with Gasteiger partial charge >= 0.3 is 0 Å². The van der Waals surface area contributed by atoms with E-state index < -0.39 is 6.29 Å². The number of hydrogen-bond donors (Lipinski definition) is 3. The monoisotopic (exact) mass is 251 g/mol. The van der Waals surface area contributed by atoms with Crippen LogP contribution < -0.4 is 5.32 Å². The Morgan fingerprint density at radius 1 is 1.35 bits per heavy atom. The Morgan fingerprint density at radius 2 is 1.88 bits per heavy atom. The summed E-state index contributed by atoms with van der Waals surface area (Å²) in [7, 11) is 0. The minimum atomic E-state index is -1.17. The van der Waals surface area contributed by atoms with E-state index in [0.29, 0.717) is 12.0 Å². The van der Waals surface area contributed by atoms with E-state index in [0.717, 1.165) is 19.4 Å². The van der Waals surface area contributed by atoms with Gasteiger partial charge in [-0.05, 0) is 38.6 Å². The van der Waals surface area contributed by atoms with Crippen molar-refractivity contribution in [2.75, 3.05) is 13.2 Å². The van der Waals surface area contributed by atoms with E-state index in [2.05, 4.69) is 12.2 Å². The first-order valence-electron chi connectivity index (χ1n) is 6.75. The third-order valence-electron chi connectivity index (χ3n) is 2.58. The first-order valence-corrected chi connectivity index (χ1v) is 6.75. The van der Waals surface area contributed by atoms with Crippen LogP contribution in [0.3, 0.4) is 0 Å². The molecule has 0 amide bonds. The van der Waals surface area contributed by atoms with Gasteiger partial charge in [-0.3, -0.25) is 4.39 Å². The van der Waals surface area contributed by atoms with Crippen LogP contribution in [0.1, 0.15) is 53.4 Å². The van der Waals surface area contributed by atoms with Crippen molar-refractivity contribution >= 4 is 0 Å². The lowest BCUT2D eigenvalue weighted by molar-refractivity contribution is -0.0228. The van der Waals surface area contributed by atoms with Crippen LogP contribution in [0.4, 0.5) is 4.39 Å². The van der Waals surface area contributed by atoms with Gasteiger partial charge < -0.3 is 15.5 Å². The molecule has 1 heterocycles.